The minimum absolute atomic E-state index is 0.160. The number of carbonyl (C=O) groups is 3. The van der Waals surface area contributed by atoms with Crippen LogP contribution in [0.3, 0.4) is 0 Å². The van der Waals surface area contributed by atoms with Crippen molar-refractivity contribution in [2.24, 2.45) is 11.8 Å². The standard InChI is InChI=1S/C15H19ClN4O5/c1-15(4-2-8(3-5-15)14(23)24)25-13-10(16)6-9(7-18-13)19-11(21)12(22)20-17/h6-8H,2-5,17H2,1H3,(H,19,21)(H,20,22)(H,23,24). The topological polar surface area (TPSA) is 144 Å². The first-order valence-electron chi connectivity index (χ1n) is 7.63. The van der Waals surface area contributed by atoms with E-state index >= 15 is 0 Å². The first kappa shape index (κ1) is 18.9. The van der Waals surface area contributed by atoms with Gasteiger partial charge in [0.15, 0.2) is 0 Å². The van der Waals surface area contributed by atoms with Crippen molar-refractivity contribution in [1.82, 2.24) is 10.4 Å². The van der Waals surface area contributed by atoms with Crippen molar-refractivity contribution >= 4 is 35.1 Å². The van der Waals surface area contributed by atoms with E-state index in [0.717, 1.165) is 0 Å². The Labute approximate surface area is 148 Å². The van der Waals surface area contributed by atoms with Gasteiger partial charge in [-0.25, -0.2) is 10.8 Å². The van der Waals surface area contributed by atoms with Crippen LogP contribution in [-0.4, -0.2) is 33.5 Å². The Morgan fingerprint density at radius 3 is 2.52 bits per heavy atom. The van der Waals surface area contributed by atoms with Gasteiger partial charge in [-0.3, -0.25) is 19.8 Å². The highest BCUT2D eigenvalue weighted by Gasteiger charge is 2.36. The Bertz CT molecular complexity index is 688. The second kappa shape index (κ2) is 7.66. The van der Waals surface area contributed by atoms with Crippen LogP contribution in [0.15, 0.2) is 12.3 Å². The second-order valence-electron chi connectivity index (χ2n) is 6.10. The van der Waals surface area contributed by atoms with Crippen LogP contribution in [0.25, 0.3) is 0 Å². The molecule has 5 N–H and O–H groups in total. The highest BCUT2D eigenvalue weighted by molar-refractivity contribution is 6.39. The lowest BCUT2D eigenvalue weighted by atomic mass is 9.80. The fourth-order valence-corrected chi connectivity index (χ4v) is 2.84. The van der Waals surface area contributed by atoms with Gasteiger partial charge in [-0.05, 0) is 38.7 Å². The third-order valence-electron chi connectivity index (χ3n) is 4.14. The van der Waals surface area contributed by atoms with E-state index in [1.54, 1.807) is 5.43 Å². The smallest absolute Gasteiger partial charge is 0.323 e. The minimum Gasteiger partial charge on any atom is -0.481 e. The summed E-state index contributed by atoms with van der Waals surface area (Å²) in [7, 11) is 0. The van der Waals surface area contributed by atoms with Crippen LogP contribution in [0.2, 0.25) is 5.02 Å². The Morgan fingerprint density at radius 1 is 1.36 bits per heavy atom. The number of amides is 2. The maximum absolute atomic E-state index is 11.4. The Hall–Kier alpha value is -2.39. The van der Waals surface area contributed by atoms with E-state index in [0.29, 0.717) is 25.7 Å². The van der Waals surface area contributed by atoms with Crippen molar-refractivity contribution in [1.29, 1.82) is 0 Å². The van der Waals surface area contributed by atoms with Crippen LogP contribution in [0, 0.1) is 5.92 Å². The van der Waals surface area contributed by atoms with Crippen molar-refractivity contribution in [2.45, 2.75) is 38.2 Å². The summed E-state index contributed by atoms with van der Waals surface area (Å²) in [6.45, 7) is 1.88. The van der Waals surface area contributed by atoms with E-state index in [1.165, 1.54) is 12.3 Å². The summed E-state index contributed by atoms with van der Waals surface area (Å²) in [6.07, 6.45) is 3.47. The average Bonchev–Trinajstić information content (AvgIpc) is 2.56. The van der Waals surface area contributed by atoms with E-state index in [-0.39, 0.29) is 22.5 Å². The number of pyridine rings is 1. The first-order valence-corrected chi connectivity index (χ1v) is 8.01. The summed E-state index contributed by atoms with van der Waals surface area (Å²) >= 11 is 6.13. The van der Waals surface area contributed by atoms with E-state index in [4.69, 9.17) is 27.3 Å². The minimum atomic E-state index is -1.00. The Morgan fingerprint density at radius 2 is 2.00 bits per heavy atom. The van der Waals surface area contributed by atoms with Gasteiger partial charge >= 0.3 is 17.8 Å². The predicted molar refractivity (Wildman–Crippen MR) is 88.8 cm³/mol. The first-order chi connectivity index (χ1) is 11.7. The number of rotatable bonds is 4. The van der Waals surface area contributed by atoms with Crippen LogP contribution in [-0.2, 0) is 14.4 Å². The molecule has 0 atom stereocenters. The lowest BCUT2D eigenvalue weighted by Gasteiger charge is -2.36. The summed E-state index contributed by atoms with van der Waals surface area (Å²) in [4.78, 5) is 37.6. The fourth-order valence-electron chi connectivity index (χ4n) is 2.63. The highest BCUT2D eigenvalue weighted by Crippen LogP contribution is 2.37. The predicted octanol–water partition coefficient (Wildman–Crippen LogP) is 1.08. The number of nitrogens with one attached hydrogen (secondary N) is 2. The molecule has 1 fully saturated rings. The molecule has 2 rings (SSSR count). The van der Waals surface area contributed by atoms with E-state index in [1.807, 2.05) is 6.92 Å². The number of carboxylic acids is 1. The lowest BCUT2D eigenvalue weighted by molar-refractivity contribution is -0.144. The molecular formula is C15H19ClN4O5. The van der Waals surface area contributed by atoms with Gasteiger partial charge in [-0.1, -0.05) is 11.6 Å². The quantitative estimate of drug-likeness (QED) is 0.268. The molecule has 1 saturated carbocycles. The summed E-state index contributed by atoms with van der Waals surface area (Å²) in [5.41, 5.74) is 1.36. The number of halogens is 1. The highest BCUT2D eigenvalue weighted by atomic mass is 35.5. The van der Waals surface area contributed by atoms with Crippen molar-refractivity contribution in [3.05, 3.63) is 17.3 Å². The summed E-state index contributed by atoms with van der Waals surface area (Å²) in [5, 5.41) is 11.5. The molecule has 0 radical (unpaired) electrons. The number of anilines is 1. The van der Waals surface area contributed by atoms with Gasteiger partial charge in [-0.2, -0.15) is 0 Å². The molecule has 10 heteroatoms. The molecule has 0 spiro atoms. The van der Waals surface area contributed by atoms with Gasteiger partial charge in [-0.15, -0.1) is 0 Å². The third-order valence-corrected chi connectivity index (χ3v) is 4.41. The van der Waals surface area contributed by atoms with Gasteiger partial charge in [0.25, 0.3) is 0 Å². The van der Waals surface area contributed by atoms with E-state index in [9.17, 15) is 14.4 Å². The number of nitrogens with zero attached hydrogens (tertiary/aromatic N) is 1. The summed E-state index contributed by atoms with van der Waals surface area (Å²) in [6, 6.07) is 1.40. The van der Waals surface area contributed by atoms with Crippen molar-refractivity contribution < 1.29 is 24.2 Å². The molecule has 1 aliphatic rings. The van der Waals surface area contributed by atoms with Crippen LogP contribution in [0.4, 0.5) is 5.69 Å². The molecule has 136 valence electrons. The Balaban J connectivity index is 2.02. The van der Waals surface area contributed by atoms with Crippen LogP contribution >= 0.6 is 11.6 Å². The van der Waals surface area contributed by atoms with Gasteiger partial charge in [0.1, 0.15) is 10.6 Å². The largest absolute Gasteiger partial charge is 0.481 e. The Kier molecular flexibility index (Phi) is 5.81. The van der Waals surface area contributed by atoms with Gasteiger partial charge in [0.2, 0.25) is 5.88 Å². The lowest BCUT2D eigenvalue weighted by Crippen LogP contribution is -2.39. The van der Waals surface area contributed by atoms with Crippen molar-refractivity contribution in [2.75, 3.05) is 5.32 Å². The number of ether oxygens (including phenoxy) is 1. The number of aromatic nitrogens is 1. The number of aliphatic carboxylic acids is 1. The number of carbonyl (C=O) groups excluding carboxylic acids is 2. The zero-order valence-corrected chi connectivity index (χ0v) is 14.3. The van der Waals surface area contributed by atoms with Crippen LogP contribution in [0.5, 0.6) is 5.88 Å². The summed E-state index contributed by atoms with van der Waals surface area (Å²) < 4.78 is 5.88. The SMILES string of the molecule is CC1(Oc2ncc(NC(=O)C(=O)NN)cc2Cl)CCC(C(=O)O)CC1. The monoisotopic (exact) mass is 370 g/mol. The van der Waals surface area contributed by atoms with Crippen LogP contribution in [0.1, 0.15) is 32.6 Å². The number of carboxylic acid groups (broad SMARTS) is 1. The zero-order chi connectivity index (χ0) is 18.6. The molecule has 1 aromatic rings. The molecule has 1 aliphatic carbocycles. The number of hydrogen-bond acceptors (Lipinski definition) is 6. The molecule has 1 heterocycles. The molecular weight excluding hydrogens is 352 g/mol. The number of hydrazine groups is 1. The van der Waals surface area contributed by atoms with Gasteiger partial charge < -0.3 is 15.2 Å². The molecule has 2 amide bonds. The van der Waals surface area contributed by atoms with E-state index in [2.05, 4.69) is 10.3 Å². The van der Waals surface area contributed by atoms with Gasteiger partial charge in [0, 0.05) is 0 Å². The zero-order valence-electron chi connectivity index (χ0n) is 13.5. The fraction of sp³-hybridized carbons (Fsp3) is 0.467. The molecule has 0 bridgehead atoms. The molecule has 0 saturated heterocycles. The number of nitrogens with two attached hydrogens (primary N) is 1. The summed E-state index contributed by atoms with van der Waals surface area (Å²) in [5.74, 6) is 1.95. The van der Waals surface area contributed by atoms with E-state index < -0.39 is 23.4 Å². The number of hydrogen-bond donors (Lipinski definition) is 4. The molecule has 0 aliphatic heterocycles. The van der Waals surface area contributed by atoms with Crippen molar-refractivity contribution in [3.63, 3.8) is 0 Å². The van der Waals surface area contributed by atoms with Crippen molar-refractivity contribution in [3.8, 4) is 5.88 Å². The normalized spacial score (nSPS) is 22.8. The maximum Gasteiger partial charge on any atom is 0.323 e. The maximum atomic E-state index is 11.4. The molecule has 1 aromatic heterocycles. The molecule has 0 unspecified atom stereocenters. The van der Waals surface area contributed by atoms with Crippen LogP contribution < -0.4 is 21.3 Å². The second-order valence-corrected chi connectivity index (χ2v) is 6.51. The molecule has 9 nitrogen and oxygen atoms in total. The van der Waals surface area contributed by atoms with Gasteiger partial charge in [0.05, 0.1) is 17.8 Å². The molecule has 0 aromatic carbocycles. The molecule has 25 heavy (non-hydrogen) atoms. The average molecular weight is 371 g/mol. The third kappa shape index (κ3) is 4.80.